The van der Waals surface area contributed by atoms with Gasteiger partial charge in [-0.2, -0.15) is 0 Å². The van der Waals surface area contributed by atoms with Crippen LogP contribution < -0.4 is 0 Å². The van der Waals surface area contributed by atoms with Crippen LogP contribution in [0.5, 0.6) is 0 Å². The first kappa shape index (κ1) is 17.8. The minimum Gasteiger partial charge on any atom is -0.463 e. The highest BCUT2D eigenvalue weighted by atomic mass is 35.5. The van der Waals surface area contributed by atoms with Crippen molar-refractivity contribution in [3.05, 3.63) is 29.3 Å². The van der Waals surface area contributed by atoms with Gasteiger partial charge < -0.3 is 14.0 Å². The third kappa shape index (κ3) is 4.13. The fraction of sp³-hybridized carbons (Fsp3) is 0.375. The zero-order valence-electron chi connectivity index (χ0n) is 13.5. The number of halogens is 1. The number of carbonyl (C=O) groups is 2. The topological polar surface area (TPSA) is 83.3 Å². The molecule has 1 aromatic heterocycles. The molecule has 0 N–H and O–H groups in total. The standard InChI is InChI=1S/C16H16ClN3O4S/c1-2-20-14(10-3-5-11(17)6-4-10)18-19-16(20)25-9-13(21)24-12-7-8-23-15(12)22/h3-6,12H,2,7-9H2,1H3/t12-/m1/s1. The molecule has 9 heteroatoms. The van der Waals surface area contributed by atoms with E-state index in [9.17, 15) is 9.59 Å². The molecule has 132 valence electrons. The molecule has 3 rings (SSSR count). The summed E-state index contributed by atoms with van der Waals surface area (Å²) < 4.78 is 11.8. The molecule has 1 fully saturated rings. The lowest BCUT2D eigenvalue weighted by Gasteiger charge is -2.09. The Hall–Kier alpha value is -2.06. The fourth-order valence-corrected chi connectivity index (χ4v) is 3.30. The monoisotopic (exact) mass is 381 g/mol. The Labute approximate surface area is 153 Å². The fourth-order valence-electron chi connectivity index (χ4n) is 2.39. The van der Waals surface area contributed by atoms with Gasteiger partial charge in [0, 0.05) is 23.6 Å². The average molecular weight is 382 g/mol. The van der Waals surface area contributed by atoms with Crippen molar-refractivity contribution in [2.24, 2.45) is 0 Å². The normalized spacial score (nSPS) is 16.7. The Bertz CT molecular complexity index is 778. The molecule has 1 saturated heterocycles. The number of cyclic esters (lactones) is 1. The largest absolute Gasteiger partial charge is 0.463 e. The number of thioether (sulfide) groups is 1. The Morgan fingerprint density at radius 3 is 2.80 bits per heavy atom. The van der Waals surface area contributed by atoms with E-state index in [1.165, 1.54) is 11.8 Å². The smallest absolute Gasteiger partial charge is 0.347 e. The number of hydrogen-bond donors (Lipinski definition) is 0. The van der Waals surface area contributed by atoms with Crippen molar-refractivity contribution in [3.8, 4) is 11.4 Å². The molecule has 0 amide bonds. The molecule has 0 radical (unpaired) electrons. The van der Waals surface area contributed by atoms with Gasteiger partial charge in [-0.3, -0.25) is 4.79 Å². The lowest BCUT2D eigenvalue weighted by molar-refractivity contribution is -0.158. The first-order chi connectivity index (χ1) is 12.1. The van der Waals surface area contributed by atoms with Gasteiger partial charge in [0.15, 0.2) is 11.0 Å². The molecule has 0 bridgehead atoms. The number of aromatic nitrogens is 3. The summed E-state index contributed by atoms with van der Waals surface area (Å²) >= 11 is 7.13. The highest BCUT2D eigenvalue weighted by Gasteiger charge is 2.30. The Balaban J connectivity index is 1.65. The van der Waals surface area contributed by atoms with E-state index in [2.05, 4.69) is 10.2 Å². The number of nitrogens with zero attached hydrogens (tertiary/aromatic N) is 3. The minimum atomic E-state index is -0.790. The van der Waals surface area contributed by atoms with Crippen LogP contribution in [0, 0.1) is 0 Å². The van der Waals surface area contributed by atoms with Gasteiger partial charge in [-0.15, -0.1) is 10.2 Å². The quantitative estimate of drug-likeness (QED) is 0.561. The Morgan fingerprint density at radius 1 is 1.40 bits per heavy atom. The first-order valence-corrected chi connectivity index (χ1v) is 9.13. The van der Waals surface area contributed by atoms with Crippen LogP contribution >= 0.6 is 23.4 Å². The van der Waals surface area contributed by atoms with Crippen LogP contribution in [0.3, 0.4) is 0 Å². The zero-order chi connectivity index (χ0) is 17.8. The van der Waals surface area contributed by atoms with Gasteiger partial charge in [-0.25, -0.2) is 4.79 Å². The molecule has 25 heavy (non-hydrogen) atoms. The van der Waals surface area contributed by atoms with Crippen molar-refractivity contribution in [1.29, 1.82) is 0 Å². The van der Waals surface area contributed by atoms with Gasteiger partial charge in [-0.1, -0.05) is 23.4 Å². The molecule has 1 aliphatic rings. The predicted molar refractivity (Wildman–Crippen MR) is 92.3 cm³/mol. The molecular weight excluding hydrogens is 366 g/mol. The molecule has 1 aliphatic heterocycles. The number of hydrogen-bond acceptors (Lipinski definition) is 7. The molecule has 0 spiro atoms. The van der Waals surface area contributed by atoms with Crippen LogP contribution in [0.15, 0.2) is 29.4 Å². The third-order valence-corrected chi connectivity index (χ3v) is 4.81. The van der Waals surface area contributed by atoms with Crippen molar-refractivity contribution in [2.75, 3.05) is 12.4 Å². The number of ether oxygens (including phenoxy) is 2. The van der Waals surface area contributed by atoms with E-state index >= 15 is 0 Å². The van der Waals surface area contributed by atoms with E-state index in [1.807, 2.05) is 23.6 Å². The van der Waals surface area contributed by atoms with E-state index in [1.54, 1.807) is 12.1 Å². The van der Waals surface area contributed by atoms with Gasteiger partial charge >= 0.3 is 11.9 Å². The summed E-state index contributed by atoms with van der Waals surface area (Å²) in [6, 6.07) is 7.31. The number of esters is 2. The van der Waals surface area contributed by atoms with Crippen molar-refractivity contribution in [2.45, 2.75) is 31.1 Å². The van der Waals surface area contributed by atoms with Crippen LogP contribution in [-0.4, -0.2) is 45.2 Å². The number of carbonyl (C=O) groups excluding carboxylic acids is 2. The van der Waals surface area contributed by atoms with Crippen molar-refractivity contribution >= 4 is 35.3 Å². The molecule has 7 nitrogen and oxygen atoms in total. The minimum absolute atomic E-state index is 0.0442. The molecule has 0 unspecified atom stereocenters. The summed E-state index contributed by atoms with van der Waals surface area (Å²) in [5.74, 6) is -0.218. The van der Waals surface area contributed by atoms with Crippen LogP contribution in [0.1, 0.15) is 13.3 Å². The van der Waals surface area contributed by atoms with Crippen molar-refractivity contribution in [3.63, 3.8) is 0 Å². The number of rotatable bonds is 6. The zero-order valence-corrected chi connectivity index (χ0v) is 15.0. The lowest BCUT2D eigenvalue weighted by atomic mass is 10.2. The van der Waals surface area contributed by atoms with E-state index in [4.69, 9.17) is 21.1 Å². The maximum Gasteiger partial charge on any atom is 0.347 e. The summed E-state index contributed by atoms with van der Waals surface area (Å²) in [5, 5.41) is 9.61. The maximum absolute atomic E-state index is 11.9. The average Bonchev–Trinajstić information content (AvgIpc) is 3.20. The van der Waals surface area contributed by atoms with Gasteiger partial charge in [0.1, 0.15) is 0 Å². The lowest BCUT2D eigenvalue weighted by Crippen LogP contribution is -2.23. The van der Waals surface area contributed by atoms with Crippen molar-refractivity contribution in [1.82, 2.24) is 14.8 Å². The summed E-state index contributed by atoms with van der Waals surface area (Å²) in [7, 11) is 0. The Morgan fingerprint density at radius 2 is 2.16 bits per heavy atom. The predicted octanol–water partition coefficient (Wildman–Crippen LogP) is 2.57. The molecule has 1 atom stereocenters. The van der Waals surface area contributed by atoms with E-state index in [-0.39, 0.29) is 5.75 Å². The summed E-state index contributed by atoms with van der Waals surface area (Å²) in [6.45, 7) is 2.91. The van der Waals surface area contributed by atoms with E-state index < -0.39 is 18.0 Å². The van der Waals surface area contributed by atoms with Crippen LogP contribution in [-0.2, 0) is 25.6 Å². The van der Waals surface area contributed by atoms with Crippen LogP contribution in [0.25, 0.3) is 11.4 Å². The summed E-state index contributed by atoms with van der Waals surface area (Å²) in [5.41, 5.74) is 0.891. The molecule has 2 aromatic rings. The molecule has 0 saturated carbocycles. The second-order valence-corrected chi connectivity index (χ2v) is 6.66. The maximum atomic E-state index is 11.9. The van der Waals surface area contributed by atoms with Gasteiger partial charge in [0.25, 0.3) is 0 Å². The Kier molecular flexibility index (Phi) is 5.60. The van der Waals surface area contributed by atoms with Gasteiger partial charge in [0.05, 0.1) is 12.4 Å². The van der Waals surface area contributed by atoms with Gasteiger partial charge in [0.2, 0.25) is 6.10 Å². The summed E-state index contributed by atoms with van der Waals surface area (Å²) in [4.78, 5) is 23.2. The molecular formula is C16H16ClN3O4S. The molecule has 2 heterocycles. The summed E-state index contributed by atoms with van der Waals surface area (Å²) in [6.07, 6.45) is -0.386. The van der Waals surface area contributed by atoms with Crippen LogP contribution in [0.4, 0.5) is 0 Å². The van der Waals surface area contributed by atoms with Crippen molar-refractivity contribution < 1.29 is 19.1 Å². The molecule has 1 aromatic carbocycles. The number of benzene rings is 1. The van der Waals surface area contributed by atoms with Crippen LogP contribution in [0.2, 0.25) is 5.02 Å². The molecule has 0 aliphatic carbocycles. The third-order valence-electron chi connectivity index (χ3n) is 3.62. The second kappa shape index (κ2) is 7.88. The highest BCUT2D eigenvalue weighted by Crippen LogP contribution is 2.25. The second-order valence-electron chi connectivity index (χ2n) is 5.28. The van der Waals surface area contributed by atoms with Gasteiger partial charge in [-0.05, 0) is 31.2 Å². The van der Waals surface area contributed by atoms with E-state index in [0.29, 0.717) is 35.6 Å². The van der Waals surface area contributed by atoms with E-state index in [0.717, 1.165) is 5.56 Å². The SMILES string of the molecule is CCn1c(SCC(=O)O[C@@H]2CCOC2=O)nnc1-c1ccc(Cl)cc1. The highest BCUT2D eigenvalue weighted by molar-refractivity contribution is 7.99. The first-order valence-electron chi connectivity index (χ1n) is 7.76.